The van der Waals surface area contributed by atoms with Crippen LogP contribution in [0.4, 0.5) is 0 Å². The molecule has 2 unspecified atom stereocenters. The van der Waals surface area contributed by atoms with Crippen molar-refractivity contribution in [1.29, 1.82) is 0 Å². The first-order chi connectivity index (χ1) is 6.88. The van der Waals surface area contributed by atoms with Gasteiger partial charge in [0.15, 0.2) is 0 Å². The van der Waals surface area contributed by atoms with Crippen molar-refractivity contribution in [3.63, 3.8) is 0 Å². The van der Waals surface area contributed by atoms with Gasteiger partial charge in [0, 0.05) is 0 Å². The summed E-state index contributed by atoms with van der Waals surface area (Å²) in [5.41, 5.74) is 0. The molecule has 0 radical (unpaired) electrons. The summed E-state index contributed by atoms with van der Waals surface area (Å²) >= 11 is 1.99. The van der Waals surface area contributed by atoms with Crippen LogP contribution < -0.4 is 5.32 Å². The average Bonchev–Trinajstić information content (AvgIpc) is 2.63. The molecule has 1 rings (SSSR count). The Morgan fingerprint density at radius 2 is 2.07 bits per heavy atom. The summed E-state index contributed by atoms with van der Waals surface area (Å²) in [5, 5.41) is 3.51. The maximum Gasteiger partial charge on any atom is -0.00180 e. The van der Waals surface area contributed by atoms with E-state index in [1.807, 2.05) is 11.8 Å². The van der Waals surface area contributed by atoms with Crippen LogP contribution in [0, 0.1) is 11.8 Å². The van der Waals surface area contributed by atoms with Crippen molar-refractivity contribution in [1.82, 2.24) is 5.32 Å². The number of thioether (sulfide) groups is 1. The lowest BCUT2D eigenvalue weighted by molar-refractivity contribution is 0.348. The molecule has 0 aromatic rings. The molecular formula is C12H25NS. The van der Waals surface area contributed by atoms with Crippen molar-refractivity contribution in [3.05, 3.63) is 0 Å². The lowest BCUT2D eigenvalue weighted by atomic mass is 9.92. The van der Waals surface area contributed by atoms with E-state index in [0.717, 1.165) is 18.4 Å². The standard InChI is InChI=1S/C12H25NS/c1-3-13-10-12-7-4-6-11(12)8-5-9-14-2/h11-13H,3-10H2,1-2H3. The average molecular weight is 215 g/mol. The van der Waals surface area contributed by atoms with Gasteiger partial charge in [0.25, 0.3) is 0 Å². The minimum atomic E-state index is 0.983. The molecule has 0 aromatic carbocycles. The van der Waals surface area contributed by atoms with Crippen LogP contribution in [0.15, 0.2) is 0 Å². The Bertz CT molecular complexity index is 138. The van der Waals surface area contributed by atoms with Crippen LogP contribution in [0.25, 0.3) is 0 Å². The maximum atomic E-state index is 3.51. The second-order valence-electron chi connectivity index (χ2n) is 4.39. The van der Waals surface area contributed by atoms with Crippen molar-refractivity contribution in [2.75, 3.05) is 25.1 Å². The van der Waals surface area contributed by atoms with Gasteiger partial charge in [-0.2, -0.15) is 11.8 Å². The van der Waals surface area contributed by atoms with Gasteiger partial charge < -0.3 is 5.32 Å². The van der Waals surface area contributed by atoms with E-state index in [-0.39, 0.29) is 0 Å². The zero-order valence-electron chi connectivity index (χ0n) is 9.72. The van der Waals surface area contributed by atoms with Crippen molar-refractivity contribution in [3.8, 4) is 0 Å². The second-order valence-corrected chi connectivity index (χ2v) is 5.38. The van der Waals surface area contributed by atoms with Crippen LogP contribution >= 0.6 is 11.8 Å². The lowest BCUT2D eigenvalue weighted by Crippen LogP contribution is -2.25. The van der Waals surface area contributed by atoms with E-state index < -0.39 is 0 Å². The van der Waals surface area contributed by atoms with E-state index in [4.69, 9.17) is 0 Å². The van der Waals surface area contributed by atoms with Crippen LogP contribution in [0.1, 0.15) is 39.0 Å². The first-order valence-electron chi connectivity index (χ1n) is 6.08. The van der Waals surface area contributed by atoms with E-state index >= 15 is 0 Å². The lowest BCUT2D eigenvalue weighted by Gasteiger charge is -2.19. The molecule has 0 amide bonds. The van der Waals surface area contributed by atoms with Crippen LogP contribution in [0.2, 0.25) is 0 Å². The van der Waals surface area contributed by atoms with Crippen LogP contribution in [0.5, 0.6) is 0 Å². The highest BCUT2D eigenvalue weighted by atomic mass is 32.2. The number of hydrogen-bond donors (Lipinski definition) is 1. The summed E-state index contributed by atoms with van der Waals surface area (Å²) in [6.45, 7) is 4.60. The summed E-state index contributed by atoms with van der Waals surface area (Å²) in [6, 6.07) is 0. The van der Waals surface area contributed by atoms with Gasteiger partial charge in [0.05, 0.1) is 0 Å². The molecule has 1 saturated carbocycles. The summed E-state index contributed by atoms with van der Waals surface area (Å²) in [5.74, 6) is 3.36. The number of nitrogens with one attached hydrogen (secondary N) is 1. The zero-order chi connectivity index (χ0) is 10.2. The smallest absolute Gasteiger partial charge is 0.00180 e. The second kappa shape index (κ2) is 7.58. The summed E-state index contributed by atoms with van der Waals surface area (Å²) in [4.78, 5) is 0. The Morgan fingerprint density at radius 1 is 1.29 bits per heavy atom. The van der Waals surface area contributed by atoms with E-state index in [1.54, 1.807) is 0 Å². The van der Waals surface area contributed by atoms with Gasteiger partial charge >= 0.3 is 0 Å². The SMILES string of the molecule is CCNCC1CCCC1CCCSC. The molecule has 1 fully saturated rings. The largest absolute Gasteiger partial charge is 0.317 e. The van der Waals surface area contributed by atoms with Gasteiger partial charge in [0.1, 0.15) is 0 Å². The fourth-order valence-corrected chi connectivity index (χ4v) is 3.04. The maximum absolute atomic E-state index is 3.51. The molecule has 0 heterocycles. The number of hydrogen-bond acceptors (Lipinski definition) is 2. The van der Waals surface area contributed by atoms with Gasteiger partial charge in [-0.25, -0.2) is 0 Å². The predicted octanol–water partition coefficient (Wildman–Crippen LogP) is 3.16. The van der Waals surface area contributed by atoms with Crippen molar-refractivity contribution in [2.24, 2.45) is 11.8 Å². The fourth-order valence-electron chi connectivity index (χ4n) is 2.58. The van der Waals surface area contributed by atoms with Gasteiger partial charge in [-0.1, -0.05) is 19.8 Å². The van der Waals surface area contributed by atoms with Crippen molar-refractivity contribution >= 4 is 11.8 Å². The first kappa shape index (κ1) is 12.4. The van der Waals surface area contributed by atoms with E-state index in [1.165, 1.54) is 44.4 Å². The third kappa shape index (κ3) is 4.22. The van der Waals surface area contributed by atoms with Gasteiger partial charge in [-0.15, -0.1) is 0 Å². The molecular weight excluding hydrogens is 190 g/mol. The highest BCUT2D eigenvalue weighted by Crippen LogP contribution is 2.34. The summed E-state index contributed by atoms with van der Waals surface area (Å²) in [7, 11) is 0. The molecule has 0 aliphatic heterocycles. The molecule has 1 aliphatic rings. The highest BCUT2D eigenvalue weighted by molar-refractivity contribution is 7.98. The minimum absolute atomic E-state index is 0.983. The first-order valence-corrected chi connectivity index (χ1v) is 7.47. The topological polar surface area (TPSA) is 12.0 Å². The Labute approximate surface area is 93.4 Å². The molecule has 1 aliphatic carbocycles. The van der Waals surface area contributed by atoms with Gasteiger partial charge in [-0.3, -0.25) is 0 Å². The quantitative estimate of drug-likeness (QED) is 0.655. The van der Waals surface area contributed by atoms with Gasteiger partial charge in [-0.05, 0) is 56.2 Å². The van der Waals surface area contributed by atoms with Crippen LogP contribution in [-0.2, 0) is 0 Å². The molecule has 0 spiro atoms. The molecule has 84 valence electrons. The number of rotatable bonds is 7. The Morgan fingerprint density at radius 3 is 2.79 bits per heavy atom. The predicted molar refractivity (Wildman–Crippen MR) is 67.0 cm³/mol. The Kier molecular flexibility index (Phi) is 6.70. The van der Waals surface area contributed by atoms with E-state index in [9.17, 15) is 0 Å². The van der Waals surface area contributed by atoms with Crippen LogP contribution in [-0.4, -0.2) is 25.1 Å². The fraction of sp³-hybridized carbons (Fsp3) is 1.00. The molecule has 0 aromatic heterocycles. The highest BCUT2D eigenvalue weighted by Gasteiger charge is 2.25. The molecule has 0 bridgehead atoms. The van der Waals surface area contributed by atoms with Crippen LogP contribution in [0.3, 0.4) is 0 Å². The minimum Gasteiger partial charge on any atom is -0.317 e. The molecule has 0 saturated heterocycles. The Hall–Kier alpha value is 0.310. The summed E-state index contributed by atoms with van der Waals surface area (Å²) < 4.78 is 0. The molecule has 1 N–H and O–H groups in total. The van der Waals surface area contributed by atoms with E-state index in [2.05, 4.69) is 18.5 Å². The van der Waals surface area contributed by atoms with E-state index in [0.29, 0.717) is 0 Å². The van der Waals surface area contributed by atoms with Crippen molar-refractivity contribution in [2.45, 2.75) is 39.0 Å². The molecule has 2 atom stereocenters. The normalized spacial score (nSPS) is 27.0. The van der Waals surface area contributed by atoms with Crippen molar-refractivity contribution < 1.29 is 0 Å². The van der Waals surface area contributed by atoms with Gasteiger partial charge in [0.2, 0.25) is 0 Å². The zero-order valence-corrected chi connectivity index (χ0v) is 10.5. The summed E-state index contributed by atoms with van der Waals surface area (Å²) in [6.07, 6.45) is 9.54. The molecule has 2 heteroatoms. The third-order valence-corrected chi connectivity index (χ3v) is 4.09. The molecule has 14 heavy (non-hydrogen) atoms. The monoisotopic (exact) mass is 215 g/mol. The molecule has 1 nitrogen and oxygen atoms in total. The Balaban J connectivity index is 2.14. The third-order valence-electron chi connectivity index (χ3n) is 3.40.